The van der Waals surface area contributed by atoms with Gasteiger partial charge < -0.3 is 9.42 Å². The molecule has 3 rings (SSSR count). The van der Waals surface area contributed by atoms with E-state index in [0.29, 0.717) is 11.3 Å². The number of hydrogen-bond donors (Lipinski definition) is 2. The molecule has 1 aromatic heterocycles. The third-order valence-electron chi connectivity index (χ3n) is 4.55. The molecule has 10 nitrogen and oxygen atoms in total. The molecule has 1 heterocycles. The van der Waals surface area contributed by atoms with Crippen molar-refractivity contribution >= 4 is 17.6 Å². The average Bonchev–Trinajstić information content (AvgIpc) is 3.27. The van der Waals surface area contributed by atoms with Gasteiger partial charge in [0.2, 0.25) is 0 Å². The molecule has 0 saturated heterocycles. The molecule has 1 atom stereocenters. The van der Waals surface area contributed by atoms with Gasteiger partial charge in [-0.25, -0.2) is 10.2 Å². The van der Waals surface area contributed by atoms with Crippen molar-refractivity contribution in [3.8, 4) is 11.3 Å². The summed E-state index contributed by atoms with van der Waals surface area (Å²) >= 11 is 0. The number of carbonyl (C=O) groups excluding carboxylic acids is 2. The first-order valence-corrected chi connectivity index (χ1v) is 8.96. The van der Waals surface area contributed by atoms with E-state index in [4.69, 9.17) is 4.52 Å². The Balaban J connectivity index is 1.59. The highest BCUT2D eigenvalue weighted by atomic mass is 16.6. The van der Waals surface area contributed by atoms with Crippen LogP contribution < -0.4 is 10.9 Å². The minimum Gasteiger partial charge on any atom is -0.355 e. The summed E-state index contributed by atoms with van der Waals surface area (Å²) in [5.41, 5.74) is 5.84. The normalized spacial score (nSPS) is 11.4. The number of carbonyl (C=O) groups is 2. The summed E-state index contributed by atoms with van der Waals surface area (Å²) in [4.78, 5) is 36.3. The van der Waals surface area contributed by atoms with Crippen molar-refractivity contribution in [2.75, 3.05) is 7.05 Å². The fourth-order valence-corrected chi connectivity index (χ4v) is 2.68. The van der Waals surface area contributed by atoms with Crippen LogP contribution in [0.3, 0.4) is 0 Å². The van der Waals surface area contributed by atoms with E-state index >= 15 is 0 Å². The van der Waals surface area contributed by atoms with Crippen LogP contribution in [0.1, 0.15) is 29.0 Å². The lowest BCUT2D eigenvalue weighted by atomic mass is 10.1. The van der Waals surface area contributed by atoms with Crippen LogP contribution in [-0.2, 0) is 0 Å². The minimum absolute atomic E-state index is 0.00328. The van der Waals surface area contributed by atoms with E-state index in [1.165, 1.54) is 30.1 Å². The Morgan fingerprint density at radius 1 is 1.10 bits per heavy atom. The van der Waals surface area contributed by atoms with Crippen LogP contribution in [0.4, 0.5) is 10.5 Å². The SMILES string of the molecule is CC(c1cccc([N+](=O)[O-])c1)N(C)C(=O)NNC(=O)c1cc(-c2ccccc2)on1. The molecular weight excluding hydrogens is 390 g/mol. The number of rotatable bonds is 5. The molecule has 0 fully saturated rings. The van der Waals surface area contributed by atoms with Gasteiger partial charge in [-0.1, -0.05) is 47.6 Å². The lowest BCUT2D eigenvalue weighted by molar-refractivity contribution is -0.384. The van der Waals surface area contributed by atoms with Gasteiger partial charge in [0.15, 0.2) is 11.5 Å². The quantitative estimate of drug-likeness (QED) is 0.491. The van der Waals surface area contributed by atoms with Gasteiger partial charge in [-0.2, -0.15) is 0 Å². The molecule has 3 amide bonds. The number of nitrogens with zero attached hydrogens (tertiary/aromatic N) is 3. The first-order chi connectivity index (χ1) is 14.4. The number of hydrogen-bond acceptors (Lipinski definition) is 6. The molecule has 30 heavy (non-hydrogen) atoms. The standard InChI is InChI=1S/C20H19N5O5/c1-13(15-9-6-10-16(11-15)25(28)29)24(2)20(27)22-21-19(26)17-12-18(30-23-17)14-7-4-3-5-8-14/h3-13H,1-2H3,(H,21,26)(H,22,27). The van der Waals surface area contributed by atoms with Gasteiger partial charge in [0.1, 0.15) is 0 Å². The predicted molar refractivity (Wildman–Crippen MR) is 107 cm³/mol. The number of hydrazine groups is 1. The van der Waals surface area contributed by atoms with Crippen molar-refractivity contribution in [1.82, 2.24) is 20.9 Å². The third-order valence-corrected chi connectivity index (χ3v) is 4.55. The number of nitro groups is 1. The highest BCUT2D eigenvalue weighted by Crippen LogP contribution is 2.23. The topological polar surface area (TPSA) is 131 Å². The van der Waals surface area contributed by atoms with Crippen LogP contribution in [0.5, 0.6) is 0 Å². The fourth-order valence-electron chi connectivity index (χ4n) is 2.68. The highest BCUT2D eigenvalue weighted by molar-refractivity contribution is 5.94. The molecule has 0 spiro atoms. The number of benzene rings is 2. The molecule has 154 valence electrons. The highest BCUT2D eigenvalue weighted by Gasteiger charge is 2.21. The zero-order valence-corrected chi connectivity index (χ0v) is 16.2. The molecule has 2 N–H and O–H groups in total. The average molecular weight is 409 g/mol. The number of aromatic nitrogens is 1. The summed E-state index contributed by atoms with van der Waals surface area (Å²) in [6.45, 7) is 1.71. The molecule has 2 aromatic carbocycles. The Labute approximate surface area is 171 Å². The lowest BCUT2D eigenvalue weighted by Gasteiger charge is -2.25. The molecule has 0 bridgehead atoms. The molecule has 0 saturated carbocycles. The van der Waals surface area contributed by atoms with E-state index in [1.807, 2.05) is 30.3 Å². The minimum atomic E-state index is -0.648. The molecule has 0 aliphatic carbocycles. The summed E-state index contributed by atoms with van der Waals surface area (Å²) in [5.74, 6) is -0.228. The van der Waals surface area contributed by atoms with Crippen LogP contribution in [0, 0.1) is 10.1 Å². The maximum absolute atomic E-state index is 12.4. The van der Waals surface area contributed by atoms with E-state index < -0.39 is 22.9 Å². The molecular formula is C20H19N5O5. The number of amides is 3. The van der Waals surface area contributed by atoms with E-state index in [2.05, 4.69) is 16.0 Å². The summed E-state index contributed by atoms with van der Waals surface area (Å²) in [6, 6.07) is 15.5. The van der Waals surface area contributed by atoms with Crippen molar-refractivity contribution in [1.29, 1.82) is 0 Å². The third kappa shape index (κ3) is 4.61. The smallest absolute Gasteiger partial charge is 0.336 e. The zero-order chi connectivity index (χ0) is 21.7. The van der Waals surface area contributed by atoms with E-state index in [9.17, 15) is 19.7 Å². The van der Waals surface area contributed by atoms with Gasteiger partial charge >= 0.3 is 6.03 Å². The molecule has 1 unspecified atom stereocenters. The molecule has 0 aliphatic heterocycles. The first-order valence-electron chi connectivity index (χ1n) is 8.96. The Morgan fingerprint density at radius 3 is 2.53 bits per heavy atom. The largest absolute Gasteiger partial charge is 0.355 e. The van der Waals surface area contributed by atoms with Crippen LogP contribution >= 0.6 is 0 Å². The van der Waals surface area contributed by atoms with E-state index in [1.54, 1.807) is 19.1 Å². The number of non-ortho nitro benzene ring substituents is 1. The van der Waals surface area contributed by atoms with Gasteiger partial charge in [0, 0.05) is 30.8 Å². The van der Waals surface area contributed by atoms with Crippen molar-refractivity contribution < 1.29 is 19.0 Å². The van der Waals surface area contributed by atoms with Gasteiger partial charge in [-0.3, -0.25) is 20.3 Å². The zero-order valence-electron chi connectivity index (χ0n) is 16.2. The summed E-state index contributed by atoms with van der Waals surface area (Å²) in [5, 5.41) is 14.6. The van der Waals surface area contributed by atoms with Crippen molar-refractivity contribution in [2.24, 2.45) is 0 Å². The summed E-state index contributed by atoms with van der Waals surface area (Å²) < 4.78 is 5.16. The lowest BCUT2D eigenvalue weighted by Crippen LogP contribution is -2.48. The maximum Gasteiger partial charge on any atom is 0.336 e. The van der Waals surface area contributed by atoms with Crippen molar-refractivity contribution in [3.05, 3.63) is 82.0 Å². The fraction of sp³-hybridized carbons (Fsp3) is 0.150. The van der Waals surface area contributed by atoms with Crippen LogP contribution in [0.2, 0.25) is 0 Å². The second-order valence-corrected chi connectivity index (χ2v) is 6.47. The Bertz CT molecular complexity index is 1070. The Morgan fingerprint density at radius 2 is 1.83 bits per heavy atom. The predicted octanol–water partition coefficient (Wildman–Crippen LogP) is 3.30. The molecule has 3 aromatic rings. The van der Waals surface area contributed by atoms with Crippen LogP contribution in [0.15, 0.2) is 65.2 Å². The van der Waals surface area contributed by atoms with Gasteiger partial charge in [0.05, 0.1) is 11.0 Å². The van der Waals surface area contributed by atoms with Crippen LogP contribution in [-0.4, -0.2) is 34.0 Å². The Hall–Kier alpha value is -4.21. The summed E-state index contributed by atoms with van der Waals surface area (Å²) in [7, 11) is 1.51. The number of nitrogens with one attached hydrogen (secondary N) is 2. The maximum atomic E-state index is 12.4. The second kappa shape index (κ2) is 8.86. The number of urea groups is 1. The molecule has 0 radical (unpaired) electrons. The van der Waals surface area contributed by atoms with Crippen molar-refractivity contribution in [3.63, 3.8) is 0 Å². The Kier molecular flexibility index (Phi) is 6.06. The summed E-state index contributed by atoms with van der Waals surface area (Å²) in [6.07, 6.45) is 0. The van der Waals surface area contributed by atoms with Gasteiger partial charge in [0.25, 0.3) is 11.6 Å². The number of nitro benzene ring substituents is 1. The van der Waals surface area contributed by atoms with E-state index in [-0.39, 0.29) is 11.4 Å². The van der Waals surface area contributed by atoms with Gasteiger partial charge in [-0.05, 0) is 12.5 Å². The molecule has 10 heteroatoms. The van der Waals surface area contributed by atoms with E-state index in [0.717, 1.165) is 5.56 Å². The molecule has 0 aliphatic rings. The van der Waals surface area contributed by atoms with Gasteiger partial charge in [-0.15, -0.1) is 0 Å². The second-order valence-electron chi connectivity index (χ2n) is 6.47. The van der Waals surface area contributed by atoms with Crippen molar-refractivity contribution in [2.45, 2.75) is 13.0 Å². The monoisotopic (exact) mass is 409 g/mol. The van der Waals surface area contributed by atoms with Crippen LogP contribution in [0.25, 0.3) is 11.3 Å². The first kappa shape index (κ1) is 20.5.